The van der Waals surface area contributed by atoms with Gasteiger partial charge < -0.3 is 11.0 Å². The summed E-state index contributed by atoms with van der Waals surface area (Å²) in [4.78, 5) is 17.7. The van der Waals surface area contributed by atoms with Crippen LogP contribution in [0.15, 0.2) is 23.1 Å². The highest BCUT2D eigenvalue weighted by molar-refractivity contribution is 7.86. The Morgan fingerprint density at radius 3 is 1.89 bits per heavy atom. The van der Waals surface area contributed by atoms with Crippen molar-refractivity contribution >= 4 is 21.5 Å². The molecule has 18 heavy (non-hydrogen) atoms. The molecular weight excluding hydrogens is 276 g/mol. The molecule has 0 radical (unpaired) electrons. The van der Waals surface area contributed by atoms with Crippen LogP contribution in [0.3, 0.4) is 0 Å². The van der Waals surface area contributed by atoms with Gasteiger partial charge in [0.15, 0.2) is 4.90 Å². The topological polar surface area (TPSA) is 204 Å². The van der Waals surface area contributed by atoms with Gasteiger partial charge in [0.1, 0.15) is 0 Å². The molecule has 5 N–H and O–H groups in total. The van der Waals surface area contributed by atoms with Crippen molar-refractivity contribution < 1.29 is 33.8 Å². The minimum absolute atomic E-state index is 0. The molecular formula is C6H8N2O9S. The van der Waals surface area contributed by atoms with Gasteiger partial charge in [-0.3, -0.25) is 24.8 Å². The molecule has 0 aromatic heterocycles. The molecule has 12 heteroatoms. The van der Waals surface area contributed by atoms with Crippen molar-refractivity contribution in [1.82, 2.24) is 0 Å². The summed E-state index contributed by atoms with van der Waals surface area (Å²) in [6.45, 7) is 0. The van der Waals surface area contributed by atoms with Gasteiger partial charge in [-0.05, 0) is 6.07 Å². The standard InChI is InChI=1S/C6H4N2O7S.2H2O/c9-7(10)4-1-2-6(16(13,14)15)5(3-4)8(11)12;;/h1-3H,(H,13,14,15);2*1H2. The first kappa shape index (κ1) is 18.2. The molecule has 1 aromatic carbocycles. The summed E-state index contributed by atoms with van der Waals surface area (Å²) in [5, 5.41) is 20.8. The first-order chi connectivity index (χ1) is 7.23. The zero-order valence-corrected chi connectivity index (χ0v) is 9.25. The number of nitro groups is 2. The van der Waals surface area contributed by atoms with E-state index in [9.17, 15) is 28.6 Å². The fourth-order valence-corrected chi connectivity index (χ4v) is 1.62. The predicted molar refractivity (Wildman–Crippen MR) is 56.8 cm³/mol. The molecule has 0 aliphatic carbocycles. The lowest BCUT2D eigenvalue weighted by atomic mass is 10.3. The van der Waals surface area contributed by atoms with Crippen molar-refractivity contribution in [2.45, 2.75) is 4.90 Å². The van der Waals surface area contributed by atoms with Crippen LogP contribution in [0, 0.1) is 20.2 Å². The Kier molecular flexibility index (Phi) is 6.04. The largest absolute Gasteiger partial charge is 0.412 e. The van der Waals surface area contributed by atoms with Crippen LogP contribution in [0.25, 0.3) is 0 Å². The van der Waals surface area contributed by atoms with E-state index in [1.54, 1.807) is 0 Å². The third kappa shape index (κ3) is 3.70. The van der Waals surface area contributed by atoms with Gasteiger partial charge >= 0.3 is 10.1 Å². The lowest BCUT2D eigenvalue weighted by molar-refractivity contribution is -0.396. The van der Waals surface area contributed by atoms with Crippen molar-refractivity contribution in [3.8, 4) is 0 Å². The van der Waals surface area contributed by atoms with Gasteiger partial charge in [-0.15, -0.1) is 0 Å². The van der Waals surface area contributed by atoms with E-state index < -0.39 is 36.2 Å². The molecule has 0 saturated carbocycles. The molecule has 0 amide bonds. The fraction of sp³-hybridized carbons (Fsp3) is 0. The molecule has 1 aromatic rings. The summed E-state index contributed by atoms with van der Waals surface area (Å²) in [5.41, 5.74) is -1.68. The van der Waals surface area contributed by atoms with Crippen molar-refractivity contribution in [2.24, 2.45) is 0 Å². The van der Waals surface area contributed by atoms with Crippen LogP contribution in [0.2, 0.25) is 0 Å². The maximum Gasteiger partial charge on any atom is 0.301 e. The Morgan fingerprint density at radius 2 is 1.56 bits per heavy atom. The average Bonchev–Trinajstić information content (AvgIpc) is 2.15. The summed E-state index contributed by atoms with van der Waals surface area (Å²) < 4.78 is 30.1. The normalized spacial score (nSPS) is 9.83. The molecule has 0 spiro atoms. The minimum atomic E-state index is -4.79. The Balaban J connectivity index is 0. The molecule has 0 bridgehead atoms. The first-order valence-electron chi connectivity index (χ1n) is 3.64. The van der Waals surface area contributed by atoms with Gasteiger partial charge in [-0.25, -0.2) is 0 Å². The van der Waals surface area contributed by atoms with Crippen molar-refractivity contribution in [2.75, 3.05) is 0 Å². The second kappa shape index (κ2) is 5.97. The zero-order valence-electron chi connectivity index (χ0n) is 8.43. The monoisotopic (exact) mass is 284 g/mol. The molecule has 0 unspecified atom stereocenters. The summed E-state index contributed by atoms with van der Waals surface area (Å²) in [6.07, 6.45) is 0. The van der Waals surface area contributed by atoms with E-state index in [0.29, 0.717) is 12.1 Å². The quantitative estimate of drug-likeness (QED) is 0.420. The Morgan fingerprint density at radius 1 is 1.06 bits per heavy atom. The van der Waals surface area contributed by atoms with E-state index >= 15 is 0 Å². The van der Waals surface area contributed by atoms with Crippen molar-refractivity contribution in [1.29, 1.82) is 0 Å². The minimum Gasteiger partial charge on any atom is -0.412 e. The first-order valence-corrected chi connectivity index (χ1v) is 5.08. The van der Waals surface area contributed by atoms with Crippen LogP contribution >= 0.6 is 0 Å². The van der Waals surface area contributed by atoms with Crippen LogP contribution in [-0.4, -0.2) is 33.8 Å². The highest BCUT2D eigenvalue weighted by Gasteiger charge is 2.26. The van der Waals surface area contributed by atoms with E-state index in [0.717, 1.165) is 6.07 Å². The van der Waals surface area contributed by atoms with E-state index in [-0.39, 0.29) is 11.0 Å². The molecule has 0 atom stereocenters. The van der Waals surface area contributed by atoms with Crippen LogP contribution in [0.1, 0.15) is 0 Å². The Hall–Kier alpha value is -2.15. The van der Waals surface area contributed by atoms with Crippen LogP contribution in [0.4, 0.5) is 11.4 Å². The van der Waals surface area contributed by atoms with E-state index in [1.165, 1.54) is 0 Å². The smallest absolute Gasteiger partial charge is 0.301 e. The Bertz CT molecular complexity index is 566. The molecule has 0 saturated heterocycles. The van der Waals surface area contributed by atoms with Crippen molar-refractivity contribution in [3.63, 3.8) is 0 Å². The third-order valence-corrected chi connectivity index (χ3v) is 2.53. The molecule has 11 nitrogen and oxygen atoms in total. The number of rotatable bonds is 3. The summed E-state index contributed by atoms with van der Waals surface area (Å²) in [5.74, 6) is 0. The number of hydrogen-bond acceptors (Lipinski definition) is 6. The van der Waals surface area contributed by atoms with Gasteiger partial charge in [0.2, 0.25) is 0 Å². The molecule has 102 valence electrons. The second-order valence-corrected chi connectivity index (χ2v) is 4.03. The van der Waals surface area contributed by atoms with Gasteiger partial charge in [0.05, 0.1) is 15.9 Å². The van der Waals surface area contributed by atoms with Crippen LogP contribution < -0.4 is 0 Å². The van der Waals surface area contributed by atoms with E-state index in [4.69, 9.17) is 4.55 Å². The van der Waals surface area contributed by atoms with Gasteiger partial charge in [-0.1, -0.05) is 0 Å². The van der Waals surface area contributed by atoms with Crippen LogP contribution in [-0.2, 0) is 10.1 Å². The maximum absolute atomic E-state index is 10.7. The second-order valence-electron chi connectivity index (χ2n) is 2.64. The maximum atomic E-state index is 10.7. The SMILES string of the molecule is O.O.O=[N+]([O-])c1ccc(S(=O)(=O)O)c([N+](=O)[O-])c1. The number of nitrogens with zero attached hydrogens (tertiary/aromatic N) is 2. The summed E-state index contributed by atoms with van der Waals surface area (Å²) in [7, 11) is -4.79. The molecule has 0 heterocycles. The van der Waals surface area contributed by atoms with Crippen LogP contribution in [0.5, 0.6) is 0 Å². The predicted octanol–water partition coefficient (Wildman–Crippen LogP) is -0.900. The molecule has 0 aliphatic rings. The lowest BCUT2D eigenvalue weighted by Crippen LogP contribution is -2.04. The van der Waals surface area contributed by atoms with E-state index in [2.05, 4.69) is 0 Å². The van der Waals surface area contributed by atoms with E-state index in [1.807, 2.05) is 0 Å². The highest BCUT2D eigenvalue weighted by Crippen LogP contribution is 2.27. The molecule has 1 rings (SSSR count). The molecule has 0 aliphatic heterocycles. The zero-order chi connectivity index (χ0) is 12.5. The van der Waals surface area contributed by atoms with Gasteiger partial charge in [0, 0.05) is 6.07 Å². The number of non-ortho nitro benzene ring substituents is 1. The van der Waals surface area contributed by atoms with Crippen molar-refractivity contribution in [3.05, 3.63) is 38.4 Å². The average molecular weight is 284 g/mol. The lowest BCUT2D eigenvalue weighted by Gasteiger charge is -1.98. The third-order valence-electron chi connectivity index (χ3n) is 1.63. The highest BCUT2D eigenvalue weighted by atomic mass is 32.2. The number of nitro benzene ring substituents is 2. The number of hydrogen-bond donors (Lipinski definition) is 1. The van der Waals surface area contributed by atoms with Gasteiger partial charge in [-0.2, -0.15) is 8.42 Å². The summed E-state index contributed by atoms with van der Waals surface area (Å²) >= 11 is 0. The summed E-state index contributed by atoms with van der Waals surface area (Å²) in [6, 6.07) is 1.81. The fourth-order valence-electron chi connectivity index (χ4n) is 0.980. The van der Waals surface area contributed by atoms with Gasteiger partial charge in [0.25, 0.3) is 11.4 Å². The number of benzene rings is 1. The Labute approximate surface area is 99.3 Å². The molecule has 0 fully saturated rings.